The lowest BCUT2D eigenvalue weighted by molar-refractivity contribution is 0.660. The third kappa shape index (κ3) is 11.2. The summed E-state index contributed by atoms with van der Waals surface area (Å²) in [5.41, 5.74) is 43.7. The Bertz CT molecular complexity index is 8470. The smallest absolute Gasteiger partial charge is 0.0725 e. The van der Waals surface area contributed by atoms with Crippen molar-refractivity contribution in [1.29, 1.82) is 0 Å². The Morgan fingerprint density at radius 3 is 0.870 bits per heavy atom. The van der Waals surface area contributed by atoms with Crippen LogP contribution < -0.4 is 10.2 Å². The van der Waals surface area contributed by atoms with E-state index in [1.54, 1.807) is 0 Å². The molecule has 0 fully saturated rings. The van der Waals surface area contributed by atoms with Crippen LogP contribution in [-0.4, -0.2) is 0 Å². The quantitative estimate of drug-likeness (QED) is 0.160. The molecule has 0 heterocycles. The molecule has 0 saturated carbocycles. The third-order valence-corrected chi connectivity index (χ3v) is 30.2. The highest BCUT2D eigenvalue weighted by Crippen LogP contribution is 2.66. The standard InChI is InChI=1S/C64H43N.C38H24.C27H23N/c1-63(2)57-24-12-8-20-48(57)52-35-33-44(37-61(52)63)65(42-30-28-41(29-31-42)40-16-4-3-5-17-40)43-32-34-47-53(36-43)45-18-6-7-19-46(45)54-38-56-51-23-11-15-27-60(51)64(62(56)39-55(47)54)58-25-13-9-21-49(58)50-22-10-14-26-59(50)64;1-23-18-19-26-30(20-23)24-10-2-3-11-25(24)31-21-33-29-14-6-9-17-36(29)38(37(33)22-32(26)31)34-15-7-4-12-27(34)28-13-5-8-16-35(28)38;1-27(2)25-11-7-6-10-23(25)24-17-16-22(18-26(24)27)28-21-14-12-20(13-15-21)19-8-4-3-5-9-19/h3-39H,1-2H3;2-22H,1H3;3-18,28H,1-2H3. The molecular formula is C129H90N2. The van der Waals surface area contributed by atoms with Crippen molar-refractivity contribution in [3.63, 3.8) is 0 Å². The highest BCUT2D eigenvalue weighted by atomic mass is 15.1. The van der Waals surface area contributed by atoms with Gasteiger partial charge in [0.1, 0.15) is 0 Å². The molecule has 1 N–H and O–H groups in total. The zero-order valence-corrected chi connectivity index (χ0v) is 73.7. The Hall–Kier alpha value is -16.0. The molecule has 0 amide bonds. The van der Waals surface area contributed by atoms with E-state index in [2.05, 4.69) is 488 Å². The van der Waals surface area contributed by atoms with Gasteiger partial charge in [-0.25, -0.2) is 0 Å². The van der Waals surface area contributed by atoms with E-state index in [1.807, 2.05) is 6.07 Å². The predicted molar refractivity (Wildman–Crippen MR) is 552 cm³/mol. The number of anilines is 5. The second-order valence-corrected chi connectivity index (χ2v) is 37.7. The zero-order chi connectivity index (χ0) is 87.2. The Morgan fingerprint density at radius 1 is 0.168 bits per heavy atom. The number of nitrogens with zero attached hydrogens (tertiary/aromatic N) is 1. The minimum atomic E-state index is -0.408. The van der Waals surface area contributed by atoms with Crippen LogP contribution >= 0.6 is 0 Å². The number of hydrogen-bond acceptors (Lipinski definition) is 2. The molecule has 28 rings (SSSR count). The van der Waals surface area contributed by atoms with Gasteiger partial charge >= 0.3 is 0 Å². The monoisotopic (exact) mass is 1670 g/mol. The summed E-state index contributed by atoms with van der Waals surface area (Å²) >= 11 is 0. The Balaban J connectivity index is 0.000000115. The molecule has 6 aliphatic carbocycles. The molecule has 616 valence electrons. The SMILES string of the molecule is CC1(C)c2ccccc2-c2ccc(N(c3ccc(-c4ccccc4)cc3)c3ccc4c(c3)c3ccccc3c3cc5c(cc43)C3(c4ccccc4-c4ccccc43)c3ccccc3-5)cc21.CC1(C)c2ccccc2-c2ccc(Nc3ccc(-c4ccccc4)cc3)cc21.Cc1ccc2c(c1)c1ccccc1c1cc3c(cc21)C1(c2ccccc2-c2ccccc21)c1ccccc1-3. The highest BCUT2D eigenvalue weighted by Gasteiger charge is 2.54. The normalized spacial score (nSPS) is 14.1. The van der Waals surface area contributed by atoms with Crippen molar-refractivity contribution < 1.29 is 0 Å². The molecule has 6 aliphatic rings. The number of fused-ring (bicyclic) bond motifs is 38. The summed E-state index contributed by atoms with van der Waals surface area (Å²) in [6.45, 7) is 11.6. The molecule has 0 aromatic heterocycles. The lowest BCUT2D eigenvalue weighted by Crippen LogP contribution is -2.25. The minimum absolute atomic E-state index is 0.0286. The van der Waals surface area contributed by atoms with Gasteiger partial charge < -0.3 is 10.2 Å². The first-order chi connectivity index (χ1) is 64.4. The van der Waals surface area contributed by atoms with Gasteiger partial charge in [0.25, 0.3) is 0 Å². The molecule has 0 saturated heterocycles. The van der Waals surface area contributed by atoms with E-state index in [-0.39, 0.29) is 16.2 Å². The number of rotatable bonds is 7. The molecular weight excluding hydrogens is 1580 g/mol. The zero-order valence-electron chi connectivity index (χ0n) is 73.7. The van der Waals surface area contributed by atoms with Crippen molar-refractivity contribution in [1.82, 2.24) is 0 Å². The van der Waals surface area contributed by atoms with Gasteiger partial charge in [0, 0.05) is 39.3 Å². The van der Waals surface area contributed by atoms with Crippen molar-refractivity contribution in [3.8, 4) is 89.0 Å². The maximum Gasteiger partial charge on any atom is 0.0725 e. The van der Waals surface area contributed by atoms with E-state index in [1.165, 1.54) is 226 Å². The van der Waals surface area contributed by atoms with Gasteiger partial charge in [0.15, 0.2) is 0 Å². The molecule has 22 aromatic rings. The Morgan fingerprint density at radius 2 is 0.443 bits per heavy atom. The van der Waals surface area contributed by atoms with Crippen LogP contribution in [-0.2, 0) is 21.7 Å². The fourth-order valence-corrected chi connectivity index (χ4v) is 24.4. The first-order valence-corrected chi connectivity index (χ1v) is 46.2. The molecule has 2 heteroatoms. The summed E-state index contributed by atoms with van der Waals surface area (Å²) < 4.78 is 0. The summed E-state index contributed by atoms with van der Waals surface area (Å²) in [5.74, 6) is 0. The third-order valence-electron chi connectivity index (χ3n) is 30.2. The average molecular weight is 1670 g/mol. The maximum atomic E-state index is 3.58. The van der Waals surface area contributed by atoms with Gasteiger partial charge in [-0.2, -0.15) is 0 Å². The van der Waals surface area contributed by atoms with Gasteiger partial charge in [-0.05, 0) is 312 Å². The van der Waals surface area contributed by atoms with Crippen LogP contribution in [0.25, 0.3) is 154 Å². The van der Waals surface area contributed by atoms with Gasteiger partial charge in [0.05, 0.1) is 10.8 Å². The number of aryl methyl sites for hydroxylation is 1. The second kappa shape index (κ2) is 29.0. The van der Waals surface area contributed by atoms with Crippen LogP contribution in [0.2, 0.25) is 0 Å². The minimum Gasteiger partial charge on any atom is -0.356 e. The summed E-state index contributed by atoms with van der Waals surface area (Å²) in [5, 5.41) is 19.2. The van der Waals surface area contributed by atoms with Gasteiger partial charge in [-0.3, -0.25) is 0 Å². The first-order valence-electron chi connectivity index (χ1n) is 46.2. The van der Waals surface area contributed by atoms with E-state index in [0.717, 1.165) is 28.4 Å². The number of nitrogens with one attached hydrogen (secondary N) is 1. The molecule has 131 heavy (non-hydrogen) atoms. The van der Waals surface area contributed by atoms with E-state index >= 15 is 0 Å². The molecule has 0 unspecified atom stereocenters. The second-order valence-electron chi connectivity index (χ2n) is 37.7. The van der Waals surface area contributed by atoms with Gasteiger partial charge in [-0.15, -0.1) is 0 Å². The maximum absolute atomic E-state index is 3.58. The van der Waals surface area contributed by atoms with Crippen LogP contribution in [0.3, 0.4) is 0 Å². The molecule has 22 aromatic carbocycles. The van der Waals surface area contributed by atoms with Crippen molar-refractivity contribution in [2.45, 2.75) is 56.3 Å². The van der Waals surface area contributed by atoms with Crippen LogP contribution in [0.5, 0.6) is 0 Å². The average Bonchev–Trinajstić information content (AvgIpc) is 1.51. The van der Waals surface area contributed by atoms with E-state index in [0.29, 0.717) is 0 Å². The fourth-order valence-electron chi connectivity index (χ4n) is 24.4. The summed E-state index contributed by atoms with van der Waals surface area (Å²) in [4.78, 5) is 2.47. The van der Waals surface area contributed by atoms with E-state index in [9.17, 15) is 0 Å². The van der Waals surface area contributed by atoms with Gasteiger partial charge in [0.2, 0.25) is 0 Å². The van der Waals surface area contributed by atoms with Crippen LogP contribution in [0.4, 0.5) is 28.4 Å². The van der Waals surface area contributed by atoms with Gasteiger partial charge in [-0.1, -0.05) is 397 Å². The fraction of sp³-hybridized carbons (Fsp3) is 0.0698. The van der Waals surface area contributed by atoms with Crippen molar-refractivity contribution in [2.75, 3.05) is 10.2 Å². The van der Waals surface area contributed by atoms with Crippen LogP contribution in [0, 0.1) is 6.92 Å². The molecule has 0 atom stereocenters. The molecule has 0 bridgehead atoms. The summed E-state index contributed by atoms with van der Waals surface area (Å²) in [7, 11) is 0. The molecule has 2 nitrogen and oxygen atoms in total. The molecule has 0 radical (unpaired) electrons. The van der Waals surface area contributed by atoms with E-state index < -0.39 is 5.41 Å². The highest BCUT2D eigenvalue weighted by molar-refractivity contribution is 6.28. The van der Waals surface area contributed by atoms with Crippen molar-refractivity contribution >= 4 is 93.1 Å². The Kier molecular flexibility index (Phi) is 16.9. The predicted octanol–water partition coefficient (Wildman–Crippen LogP) is 34.1. The topological polar surface area (TPSA) is 15.3 Å². The molecule has 2 spiro atoms. The van der Waals surface area contributed by atoms with E-state index in [4.69, 9.17) is 0 Å². The lowest BCUT2D eigenvalue weighted by Gasteiger charge is -2.31. The van der Waals surface area contributed by atoms with Crippen LogP contribution in [0.1, 0.15) is 100 Å². The summed E-state index contributed by atoms with van der Waals surface area (Å²) in [6.07, 6.45) is 0. The van der Waals surface area contributed by atoms with Crippen LogP contribution in [0.15, 0.2) is 449 Å². The number of benzene rings is 22. The lowest BCUT2D eigenvalue weighted by atomic mass is 9.70. The largest absolute Gasteiger partial charge is 0.356 e. The summed E-state index contributed by atoms with van der Waals surface area (Å²) in [6, 6.07) is 167. The van der Waals surface area contributed by atoms with Crippen molar-refractivity contribution in [3.05, 3.63) is 521 Å². The molecule has 0 aliphatic heterocycles. The van der Waals surface area contributed by atoms with Crippen molar-refractivity contribution in [2.24, 2.45) is 0 Å². The number of hydrogen-bond donors (Lipinski definition) is 1. The first kappa shape index (κ1) is 76.3. The Labute approximate surface area is 764 Å².